The summed E-state index contributed by atoms with van der Waals surface area (Å²) < 4.78 is 0. The summed E-state index contributed by atoms with van der Waals surface area (Å²) in [6, 6.07) is 0. The Hall–Kier alpha value is -1.84. The van der Waals surface area contributed by atoms with E-state index in [1.54, 1.807) is 13.0 Å². The molecule has 0 rings (SSSR count). The van der Waals surface area contributed by atoms with Crippen LogP contribution in [0.5, 0.6) is 0 Å². The molecule has 4 nitrogen and oxygen atoms in total. The van der Waals surface area contributed by atoms with Gasteiger partial charge in [0.25, 0.3) is 0 Å². The molecule has 0 radical (unpaired) electrons. The number of nitrogens with zero attached hydrogens (tertiary/aromatic N) is 2. The Bertz CT molecular complexity index is 317. The highest BCUT2D eigenvalue weighted by Gasteiger charge is 1.91. The van der Waals surface area contributed by atoms with Crippen LogP contribution in [0.15, 0.2) is 46.4 Å². The van der Waals surface area contributed by atoms with Crippen LogP contribution in [0.3, 0.4) is 0 Å². The maximum Gasteiger partial charge on any atom is 0.217 e. The van der Waals surface area contributed by atoms with Crippen LogP contribution in [0.1, 0.15) is 13.8 Å². The summed E-state index contributed by atoms with van der Waals surface area (Å²) in [5.74, 6) is 0.598. The average molecular weight is 206 g/mol. The number of hydrogen-bond acceptors (Lipinski definition) is 1. The van der Waals surface area contributed by atoms with E-state index in [-0.39, 0.29) is 5.96 Å². The molecule has 0 aromatic carbocycles. The minimum atomic E-state index is 0.196. The number of rotatable bonds is 4. The van der Waals surface area contributed by atoms with E-state index in [0.717, 1.165) is 5.57 Å². The summed E-state index contributed by atoms with van der Waals surface area (Å²) in [4.78, 5) is 7.88. The lowest BCUT2D eigenvalue weighted by Crippen LogP contribution is -2.16. The normalized spacial score (nSPS) is 14.7. The number of allylic oxidation sites excluding steroid dienone is 3. The molecular formula is C11H18N4. The molecule has 0 aromatic rings. The quantitative estimate of drug-likeness (QED) is 0.414. The zero-order chi connectivity index (χ0) is 11.7. The lowest BCUT2D eigenvalue weighted by Gasteiger charge is -1.97. The molecule has 0 bridgehead atoms. The second-order valence-corrected chi connectivity index (χ2v) is 2.89. The fraction of sp³-hybridized carbons (Fsp3) is 0.273. The van der Waals surface area contributed by atoms with Crippen molar-refractivity contribution in [2.75, 3.05) is 6.54 Å². The number of aliphatic imine (C=N–C) groups is 2. The second kappa shape index (κ2) is 7.55. The van der Waals surface area contributed by atoms with Crippen molar-refractivity contribution in [3.05, 3.63) is 36.5 Å². The lowest BCUT2D eigenvalue weighted by molar-refractivity contribution is 1.15. The van der Waals surface area contributed by atoms with Gasteiger partial charge in [-0.2, -0.15) is 0 Å². The Morgan fingerprint density at radius 1 is 1.40 bits per heavy atom. The van der Waals surface area contributed by atoms with Gasteiger partial charge in [0.05, 0.1) is 12.4 Å². The van der Waals surface area contributed by atoms with E-state index in [2.05, 4.69) is 16.6 Å². The first kappa shape index (κ1) is 13.2. The van der Waals surface area contributed by atoms with Crippen molar-refractivity contribution < 1.29 is 0 Å². The van der Waals surface area contributed by atoms with Crippen LogP contribution in [0.2, 0.25) is 0 Å². The molecule has 82 valence electrons. The zero-order valence-electron chi connectivity index (χ0n) is 9.27. The third-order valence-electron chi connectivity index (χ3n) is 1.53. The van der Waals surface area contributed by atoms with Crippen LogP contribution in [-0.2, 0) is 0 Å². The van der Waals surface area contributed by atoms with E-state index < -0.39 is 0 Å². The molecule has 0 amide bonds. The number of guanidine groups is 1. The van der Waals surface area contributed by atoms with Crippen LogP contribution in [-0.4, -0.2) is 18.3 Å². The van der Waals surface area contributed by atoms with E-state index in [4.69, 9.17) is 11.5 Å². The molecule has 0 unspecified atom stereocenters. The molecule has 0 aromatic heterocycles. The van der Waals surface area contributed by atoms with Crippen molar-refractivity contribution in [2.45, 2.75) is 13.8 Å². The molecule has 4 heteroatoms. The molecule has 0 atom stereocenters. The van der Waals surface area contributed by atoms with E-state index >= 15 is 0 Å². The molecular weight excluding hydrogens is 188 g/mol. The summed E-state index contributed by atoms with van der Waals surface area (Å²) in [6.45, 7) is 7.68. The minimum absolute atomic E-state index is 0.196. The predicted octanol–water partition coefficient (Wildman–Crippen LogP) is 1.37. The van der Waals surface area contributed by atoms with Gasteiger partial charge in [0.2, 0.25) is 5.96 Å². The van der Waals surface area contributed by atoms with Gasteiger partial charge in [-0.3, -0.25) is 0 Å². The van der Waals surface area contributed by atoms with Gasteiger partial charge in [-0.15, -0.1) is 0 Å². The highest BCUT2D eigenvalue weighted by atomic mass is 15.1. The molecule has 0 aliphatic heterocycles. The molecule has 0 aliphatic carbocycles. The Labute approximate surface area is 90.8 Å². The molecule has 0 aliphatic rings. The van der Waals surface area contributed by atoms with Gasteiger partial charge < -0.3 is 11.5 Å². The van der Waals surface area contributed by atoms with Gasteiger partial charge in [0.15, 0.2) is 0 Å². The summed E-state index contributed by atoms with van der Waals surface area (Å²) in [7, 11) is 0. The topological polar surface area (TPSA) is 76.8 Å². The van der Waals surface area contributed by atoms with Gasteiger partial charge in [-0.05, 0) is 19.4 Å². The Morgan fingerprint density at radius 3 is 2.53 bits per heavy atom. The maximum absolute atomic E-state index is 5.52. The van der Waals surface area contributed by atoms with Gasteiger partial charge in [0, 0.05) is 0 Å². The molecule has 0 fully saturated rings. The molecule has 15 heavy (non-hydrogen) atoms. The summed E-state index contributed by atoms with van der Waals surface area (Å²) in [6.07, 6.45) is 7.43. The zero-order valence-corrected chi connectivity index (χ0v) is 9.27. The van der Waals surface area contributed by atoms with Gasteiger partial charge in [-0.25, -0.2) is 9.98 Å². The number of amidine groups is 1. The van der Waals surface area contributed by atoms with Crippen LogP contribution in [0.4, 0.5) is 0 Å². The summed E-state index contributed by atoms with van der Waals surface area (Å²) >= 11 is 0. The lowest BCUT2D eigenvalue weighted by atomic mass is 10.2. The first-order chi connectivity index (χ1) is 7.10. The monoisotopic (exact) mass is 206 g/mol. The Morgan fingerprint density at radius 2 is 2.07 bits per heavy atom. The first-order valence-electron chi connectivity index (χ1n) is 4.65. The fourth-order valence-corrected chi connectivity index (χ4v) is 0.820. The SMILES string of the molecule is C=C/C=C\C(=C/C)C/N=C(N)\N=C(/C)N. The largest absolute Gasteiger partial charge is 0.387 e. The standard InChI is InChI=1S/C11H18N4/c1-4-6-7-10(5-2)8-14-11(13)15-9(3)12/h4-7H,1,8H2,2-3H3,(H4,12,13,14,15)/b7-6-,10-5+. The van der Waals surface area contributed by atoms with E-state index in [1.165, 1.54) is 0 Å². The van der Waals surface area contributed by atoms with Crippen LogP contribution in [0, 0.1) is 0 Å². The summed E-state index contributed by atoms with van der Waals surface area (Å²) in [5.41, 5.74) is 11.9. The van der Waals surface area contributed by atoms with Crippen molar-refractivity contribution in [1.82, 2.24) is 0 Å². The highest BCUT2D eigenvalue weighted by Crippen LogP contribution is 1.97. The molecule has 0 saturated heterocycles. The van der Waals surface area contributed by atoms with Crippen molar-refractivity contribution in [2.24, 2.45) is 21.5 Å². The second-order valence-electron chi connectivity index (χ2n) is 2.89. The highest BCUT2D eigenvalue weighted by molar-refractivity contribution is 5.93. The van der Waals surface area contributed by atoms with Crippen molar-refractivity contribution in [1.29, 1.82) is 0 Å². The minimum Gasteiger partial charge on any atom is -0.387 e. The number of hydrogen-bond donors (Lipinski definition) is 2. The van der Waals surface area contributed by atoms with Crippen molar-refractivity contribution >= 4 is 11.8 Å². The average Bonchev–Trinajstić information content (AvgIpc) is 2.17. The molecule has 4 N–H and O–H groups in total. The van der Waals surface area contributed by atoms with Crippen molar-refractivity contribution in [3.63, 3.8) is 0 Å². The number of nitrogens with two attached hydrogens (primary N) is 2. The van der Waals surface area contributed by atoms with Gasteiger partial charge in [0.1, 0.15) is 0 Å². The van der Waals surface area contributed by atoms with Gasteiger partial charge >= 0.3 is 0 Å². The van der Waals surface area contributed by atoms with Crippen LogP contribution < -0.4 is 11.5 Å². The summed E-state index contributed by atoms with van der Waals surface area (Å²) in [5, 5.41) is 0. The first-order valence-corrected chi connectivity index (χ1v) is 4.65. The maximum atomic E-state index is 5.52. The van der Waals surface area contributed by atoms with E-state index in [0.29, 0.717) is 12.4 Å². The molecule has 0 spiro atoms. The predicted molar refractivity (Wildman–Crippen MR) is 66.9 cm³/mol. The van der Waals surface area contributed by atoms with E-state index in [9.17, 15) is 0 Å². The van der Waals surface area contributed by atoms with Crippen molar-refractivity contribution in [3.8, 4) is 0 Å². The Kier molecular flexibility index (Phi) is 6.63. The molecule has 0 heterocycles. The smallest absolute Gasteiger partial charge is 0.217 e. The van der Waals surface area contributed by atoms with E-state index in [1.807, 2.05) is 25.2 Å². The van der Waals surface area contributed by atoms with Crippen LogP contribution >= 0.6 is 0 Å². The fourth-order valence-electron chi connectivity index (χ4n) is 0.820. The van der Waals surface area contributed by atoms with Crippen LogP contribution in [0.25, 0.3) is 0 Å². The molecule has 0 saturated carbocycles. The third-order valence-corrected chi connectivity index (χ3v) is 1.53. The Balaban J connectivity index is 4.41. The van der Waals surface area contributed by atoms with Gasteiger partial charge in [-0.1, -0.05) is 30.9 Å². The third kappa shape index (κ3) is 7.25.